The molecular weight excluding hydrogens is 236 g/mol. The van der Waals surface area contributed by atoms with Crippen molar-refractivity contribution >= 4 is 16.6 Å². The van der Waals surface area contributed by atoms with Crippen LogP contribution in [0.25, 0.3) is 10.8 Å². The zero-order valence-corrected chi connectivity index (χ0v) is 11.8. The number of nitrogens with two attached hydrogens (primary N) is 1. The fourth-order valence-corrected chi connectivity index (χ4v) is 2.29. The molecule has 0 amide bonds. The third kappa shape index (κ3) is 3.01. The maximum absolute atomic E-state index is 5.72. The smallest absolute Gasteiger partial charge is 0.159 e. The molecule has 0 aliphatic carbocycles. The van der Waals surface area contributed by atoms with Crippen molar-refractivity contribution in [2.24, 2.45) is 5.73 Å². The second-order valence-electron chi connectivity index (χ2n) is 4.78. The van der Waals surface area contributed by atoms with Crippen LogP contribution in [0.15, 0.2) is 24.3 Å². The summed E-state index contributed by atoms with van der Waals surface area (Å²) in [6.45, 7) is 6.63. The Bertz CT molecular complexity index is 539. The normalized spacial score (nSPS) is 10.9. The molecule has 0 fully saturated rings. The van der Waals surface area contributed by atoms with Gasteiger partial charge in [0.05, 0.1) is 5.69 Å². The third-order valence-corrected chi connectivity index (χ3v) is 3.33. The Labute approximate surface area is 114 Å². The Morgan fingerprint density at radius 2 is 1.84 bits per heavy atom. The Morgan fingerprint density at radius 1 is 1.11 bits per heavy atom. The molecule has 19 heavy (non-hydrogen) atoms. The van der Waals surface area contributed by atoms with E-state index in [2.05, 4.69) is 34.2 Å². The molecule has 0 radical (unpaired) electrons. The average molecular weight is 258 g/mol. The monoisotopic (exact) mass is 258 g/mol. The van der Waals surface area contributed by atoms with Gasteiger partial charge in [-0.1, -0.05) is 37.6 Å². The molecule has 102 valence electrons. The van der Waals surface area contributed by atoms with Crippen LogP contribution in [0.1, 0.15) is 25.5 Å². The highest BCUT2D eigenvalue weighted by Gasteiger charge is 2.12. The van der Waals surface area contributed by atoms with E-state index in [9.17, 15) is 0 Å². The van der Waals surface area contributed by atoms with E-state index >= 15 is 0 Å². The number of hydrogen-bond acceptors (Lipinski definition) is 4. The highest BCUT2D eigenvalue weighted by atomic mass is 15.3. The molecule has 0 saturated heterocycles. The van der Waals surface area contributed by atoms with Crippen molar-refractivity contribution in [2.75, 3.05) is 24.5 Å². The first-order valence-electron chi connectivity index (χ1n) is 6.95. The molecule has 4 heteroatoms. The number of aromatic nitrogens is 2. The summed E-state index contributed by atoms with van der Waals surface area (Å²) in [5.41, 5.74) is 6.70. The number of aryl methyl sites for hydroxylation is 1. The van der Waals surface area contributed by atoms with Crippen LogP contribution in [-0.4, -0.2) is 29.8 Å². The fourth-order valence-electron chi connectivity index (χ4n) is 2.29. The highest BCUT2D eigenvalue weighted by molar-refractivity contribution is 5.93. The maximum atomic E-state index is 5.72. The van der Waals surface area contributed by atoms with Gasteiger partial charge in [0.1, 0.15) is 0 Å². The summed E-state index contributed by atoms with van der Waals surface area (Å²) in [6, 6.07) is 8.30. The van der Waals surface area contributed by atoms with Gasteiger partial charge in [0.25, 0.3) is 0 Å². The van der Waals surface area contributed by atoms with E-state index in [-0.39, 0.29) is 0 Å². The van der Waals surface area contributed by atoms with Crippen LogP contribution in [-0.2, 0) is 0 Å². The van der Waals surface area contributed by atoms with Gasteiger partial charge in [-0.15, -0.1) is 5.10 Å². The number of fused-ring (bicyclic) bond motifs is 1. The van der Waals surface area contributed by atoms with Crippen LogP contribution in [0.5, 0.6) is 0 Å². The molecule has 1 aromatic carbocycles. The molecule has 0 unspecified atom stereocenters. The molecule has 0 aliphatic rings. The van der Waals surface area contributed by atoms with Gasteiger partial charge in [-0.25, -0.2) is 0 Å². The topological polar surface area (TPSA) is 55.0 Å². The molecule has 0 atom stereocenters. The SMILES string of the molecule is CCCCN(CCN)c1nnc(C)c2ccccc12. The predicted octanol–water partition coefficient (Wildman–Crippen LogP) is 2.50. The van der Waals surface area contributed by atoms with E-state index < -0.39 is 0 Å². The zero-order valence-electron chi connectivity index (χ0n) is 11.8. The summed E-state index contributed by atoms with van der Waals surface area (Å²) in [6.07, 6.45) is 2.31. The Kier molecular flexibility index (Phi) is 4.68. The standard InChI is InChI=1S/C15H22N4/c1-3-4-10-19(11-9-16)15-14-8-6-5-7-13(14)12(2)17-18-15/h5-8H,3-4,9-11,16H2,1-2H3. The summed E-state index contributed by atoms with van der Waals surface area (Å²) < 4.78 is 0. The summed E-state index contributed by atoms with van der Waals surface area (Å²) >= 11 is 0. The lowest BCUT2D eigenvalue weighted by atomic mass is 10.1. The number of unbranched alkanes of at least 4 members (excludes halogenated alkanes) is 1. The van der Waals surface area contributed by atoms with E-state index in [1.807, 2.05) is 19.1 Å². The van der Waals surface area contributed by atoms with Crippen LogP contribution < -0.4 is 10.6 Å². The van der Waals surface area contributed by atoms with E-state index in [0.717, 1.165) is 37.4 Å². The summed E-state index contributed by atoms with van der Waals surface area (Å²) in [7, 11) is 0. The largest absolute Gasteiger partial charge is 0.353 e. The highest BCUT2D eigenvalue weighted by Crippen LogP contribution is 2.25. The number of anilines is 1. The van der Waals surface area contributed by atoms with Gasteiger partial charge in [0, 0.05) is 30.4 Å². The van der Waals surface area contributed by atoms with Crippen LogP contribution in [0.2, 0.25) is 0 Å². The average Bonchev–Trinajstić information content (AvgIpc) is 2.45. The second-order valence-corrected chi connectivity index (χ2v) is 4.78. The van der Waals surface area contributed by atoms with E-state index in [1.54, 1.807) is 0 Å². The lowest BCUT2D eigenvalue weighted by molar-refractivity contribution is 0.704. The molecule has 2 rings (SSSR count). The van der Waals surface area contributed by atoms with Crippen LogP contribution in [0, 0.1) is 6.92 Å². The van der Waals surface area contributed by atoms with E-state index in [1.165, 1.54) is 10.8 Å². The minimum absolute atomic E-state index is 0.633. The first kappa shape index (κ1) is 13.7. The van der Waals surface area contributed by atoms with Crippen molar-refractivity contribution in [3.05, 3.63) is 30.0 Å². The maximum Gasteiger partial charge on any atom is 0.159 e. The van der Waals surface area contributed by atoms with Gasteiger partial charge >= 0.3 is 0 Å². The van der Waals surface area contributed by atoms with Gasteiger partial charge < -0.3 is 10.6 Å². The van der Waals surface area contributed by atoms with Crippen LogP contribution in [0.3, 0.4) is 0 Å². The van der Waals surface area contributed by atoms with Crippen molar-refractivity contribution in [1.29, 1.82) is 0 Å². The van der Waals surface area contributed by atoms with Gasteiger partial charge in [-0.3, -0.25) is 0 Å². The molecule has 0 spiro atoms. The summed E-state index contributed by atoms with van der Waals surface area (Å²) in [5.74, 6) is 0.958. The number of benzene rings is 1. The summed E-state index contributed by atoms with van der Waals surface area (Å²) in [5, 5.41) is 11.0. The zero-order chi connectivity index (χ0) is 13.7. The van der Waals surface area contributed by atoms with Crippen LogP contribution >= 0.6 is 0 Å². The number of hydrogen-bond donors (Lipinski definition) is 1. The molecule has 1 heterocycles. The van der Waals surface area contributed by atoms with Crippen molar-refractivity contribution < 1.29 is 0 Å². The van der Waals surface area contributed by atoms with Crippen molar-refractivity contribution in [3.63, 3.8) is 0 Å². The molecule has 4 nitrogen and oxygen atoms in total. The molecule has 0 saturated carbocycles. The number of rotatable bonds is 6. The van der Waals surface area contributed by atoms with Gasteiger partial charge in [-0.2, -0.15) is 5.10 Å². The lowest BCUT2D eigenvalue weighted by Gasteiger charge is -2.24. The van der Waals surface area contributed by atoms with Gasteiger partial charge in [-0.05, 0) is 13.3 Å². The fraction of sp³-hybridized carbons (Fsp3) is 0.467. The quantitative estimate of drug-likeness (QED) is 0.865. The molecule has 2 aromatic rings. The van der Waals surface area contributed by atoms with Gasteiger partial charge in [0.2, 0.25) is 0 Å². The van der Waals surface area contributed by atoms with Crippen molar-refractivity contribution in [1.82, 2.24) is 10.2 Å². The third-order valence-electron chi connectivity index (χ3n) is 3.33. The second kappa shape index (κ2) is 6.48. The predicted molar refractivity (Wildman–Crippen MR) is 80.5 cm³/mol. The van der Waals surface area contributed by atoms with Crippen molar-refractivity contribution in [3.8, 4) is 0 Å². The Balaban J connectivity index is 2.44. The van der Waals surface area contributed by atoms with Crippen LogP contribution in [0.4, 0.5) is 5.82 Å². The minimum Gasteiger partial charge on any atom is -0.353 e. The lowest BCUT2D eigenvalue weighted by Crippen LogP contribution is -2.31. The number of nitrogens with zero attached hydrogens (tertiary/aromatic N) is 3. The molecule has 0 aliphatic heterocycles. The van der Waals surface area contributed by atoms with E-state index in [4.69, 9.17) is 5.73 Å². The Morgan fingerprint density at radius 3 is 2.53 bits per heavy atom. The molecule has 1 aromatic heterocycles. The van der Waals surface area contributed by atoms with Crippen molar-refractivity contribution in [2.45, 2.75) is 26.7 Å². The molecular formula is C15H22N4. The molecule has 0 bridgehead atoms. The first-order chi connectivity index (χ1) is 9.27. The first-order valence-corrected chi connectivity index (χ1v) is 6.95. The van der Waals surface area contributed by atoms with E-state index in [0.29, 0.717) is 6.54 Å². The summed E-state index contributed by atoms with van der Waals surface area (Å²) in [4.78, 5) is 2.25. The Hall–Kier alpha value is -1.68. The van der Waals surface area contributed by atoms with Gasteiger partial charge in [0.15, 0.2) is 5.82 Å². The minimum atomic E-state index is 0.633. The molecule has 2 N–H and O–H groups in total.